The Hall–Kier alpha value is -3.91. The third kappa shape index (κ3) is 5.04. The van der Waals surface area contributed by atoms with Gasteiger partial charge in [0.25, 0.3) is 5.91 Å². The van der Waals surface area contributed by atoms with Gasteiger partial charge in [-0.3, -0.25) is 9.59 Å². The van der Waals surface area contributed by atoms with Crippen LogP contribution < -0.4 is 15.1 Å². The molecule has 2 aromatic carbocycles. The highest BCUT2D eigenvalue weighted by atomic mass is 16.2. The molecule has 40 heavy (non-hydrogen) atoms. The van der Waals surface area contributed by atoms with E-state index in [2.05, 4.69) is 77.0 Å². The fourth-order valence-corrected chi connectivity index (χ4v) is 6.50. The highest BCUT2D eigenvalue weighted by molar-refractivity contribution is 5.97. The van der Waals surface area contributed by atoms with Crippen LogP contribution in [0.4, 0.5) is 11.4 Å². The van der Waals surface area contributed by atoms with E-state index in [-0.39, 0.29) is 17.9 Å². The summed E-state index contributed by atoms with van der Waals surface area (Å²) in [4.78, 5) is 39.5. The number of pyridine rings is 1. The average molecular weight is 539 g/mol. The quantitative estimate of drug-likeness (QED) is 0.503. The molecule has 2 saturated heterocycles. The Morgan fingerprint density at radius 1 is 1.00 bits per heavy atom. The molecule has 8 heteroatoms. The Kier molecular flexibility index (Phi) is 7.19. The van der Waals surface area contributed by atoms with Gasteiger partial charge < -0.3 is 24.9 Å². The molecule has 4 heterocycles. The fraction of sp³-hybridized carbons (Fsp3) is 0.406. The van der Waals surface area contributed by atoms with E-state index < -0.39 is 0 Å². The Bertz CT molecular complexity index is 1460. The minimum absolute atomic E-state index is 0.0287. The summed E-state index contributed by atoms with van der Waals surface area (Å²) in [6.07, 6.45) is 3.19. The monoisotopic (exact) mass is 538 g/mol. The number of carbonyl (C=O) groups excluding carboxylic acids is 2. The molecule has 3 aromatic rings. The largest absolute Gasteiger partial charge is 0.368 e. The first kappa shape index (κ1) is 26.3. The van der Waals surface area contributed by atoms with E-state index >= 15 is 0 Å². The van der Waals surface area contributed by atoms with E-state index in [1.807, 2.05) is 11.0 Å². The lowest BCUT2D eigenvalue weighted by atomic mass is 9.97. The smallest absolute Gasteiger partial charge is 0.270 e. The van der Waals surface area contributed by atoms with Gasteiger partial charge in [0.05, 0.1) is 12.2 Å². The van der Waals surface area contributed by atoms with Crippen LogP contribution in [0, 0.1) is 6.92 Å². The summed E-state index contributed by atoms with van der Waals surface area (Å²) in [5.41, 5.74) is 6.21. The number of fused-ring (bicyclic) bond motifs is 2. The second kappa shape index (κ2) is 10.9. The molecule has 0 saturated carbocycles. The molecule has 0 radical (unpaired) electrons. The molecule has 1 atom stereocenters. The number of benzene rings is 2. The van der Waals surface area contributed by atoms with Crippen molar-refractivity contribution in [3.05, 3.63) is 77.6 Å². The molecule has 0 spiro atoms. The molecule has 0 unspecified atom stereocenters. The van der Waals surface area contributed by atoms with Gasteiger partial charge in [0.15, 0.2) is 0 Å². The van der Waals surface area contributed by atoms with Crippen LogP contribution in [0.2, 0.25) is 0 Å². The molecule has 1 N–H and O–H groups in total. The van der Waals surface area contributed by atoms with Crippen molar-refractivity contribution in [2.45, 2.75) is 32.4 Å². The Morgan fingerprint density at radius 2 is 1.77 bits per heavy atom. The number of rotatable bonds is 5. The van der Waals surface area contributed by atoms with Gasteiger partial charge in [0, 0.05) is 67.6 Å². The zero-order chi connectivity index (χ0) is 27.8. The first-order chi connectivity index (χ1) is 19.4. The number of likely N-dealkylation sites (N-methyl/N-ethyl adjacent to an activating group) is 1. The molecule has 0 bridgehead atoms. The fourth-order valence-electron chi connectivity index (χ4n) is 6.50. The number of hydrogen-bond acceptors (Lipinski definition) is 6. The van der Waals surface area contributed by atoms with Crippen molar-refractivity contribution in [2.24, 2.45) is 0 Å². The van der Waals surface area contributed by atoms with E-state index in [0.717, 1.165) is 56.9 Å². The van der Waals surface area contributed by atoms with E-state index in [1.165, 1.54) is 33.7 Å². The van der Waals surface area contributed by atoms with Crippen LogP contribution >= 0.6 is 0 Å². The van der Waals surface area contributed by atoms with Crippen molar-refractivity contribution in [1.29, 1.82) is 0 Å². The molecule has 3 aliphatic rings. The van der Waals surface area contributed by atoms with Gasteiger partial charge in [0.1, 0.15) is 5.69 Å². The number of likely N-dealkylation sites (tertiary alicyclic amines) is 1. The minimum atomic E-state index is -0.108. The molecule has 0 aliphatic carbocycles. The van der Waals surface area contributed by atoms with Gasteiger partial charge >= 0.3 is 0 Å². The molecule has 1 aromatic heterocycles. The van der Waals surface area contributed by atoms with E-state index in [9.17, 15) is 9.59 Å². The summed E-state index contributed by atoms with van der Waals surface area (Å²) >= 11 is 0. The van der Waals surface area contributed by atoms with E-state index in [0.29, 0.717) is 25.3 Å². The van der Waals surface area contributed by atoms with Gasteiger partial charge in [-0.2, -0.15) is 0 Å². The highest BCUT2D eigenvalue weighted by Gasteiger charge is 2.29. The number of carbonyl (C=O) groups is 2. The van der Waals surface area contributed by atoms with Crippen molar-refractivity contribution in [2.75, 3.05) is 62.7 Å². The zero-order valence-corrected chi connectivity index (χ0v) is 23.5. The number of piperazine rings is 1. The molecule has 8 nitrogen and oxygen atoms in total. The lowest BCUT2D eigenvalue weighted by Gasteiger charge is -2.39. The number of nitrogens with zero attached hydrogens (tertiary/aromatic N) is 5. The summed E-state index contributed by atoms with van der Waals surface area (Å²) in [5, 5.41) is 5.74. The van der Waals surface area contributed by atoms with Crippen molar-refractivity contribution >= 4 is 34.0 Å². The van der Waals surface area contributed by atoms with Crippen LogP contribution in [-0.2, 0) is 17.8 Å². The topological polar surface area (TPSA) is 72.0 Å². The first-order valence-corrected chi connectivity index (χ1v) is 14.3. The lowest BCUT2D eigenvalue weighted by Crippen LogP contribution is -2.49. The number of anilines is 2. The maximum absolute atomic E-state index is 13.5. The third-order valence-electron chi connectivity index (χ3n) is 8.66. The second-order valence-corrected chi connectivity index (χ2v) is 11.3. The van der Waals surface area contributed by atoms with E-state index in [4.69, 9.17) is 4.98 Å². The summed E-state index contributed by atoms with van der Waals surface area (Å²) in [5.74, 6) is -0.137. The average Bonchev–Trinajstić information content (AvgIpc) is 3.39. The number of aromatic nitrogens is 1. The lowest BCUT2D eigenvalue weighted by molar-refractivity contribution is -0.126. The number of amides is 2. The van der Waals surface area contributed by atoms with Crippen LogP contribution in [0.15, 0.2) is 55.1 Å². The minimum Gasteiger partial charge on any atom is -0.368 e. The van der Waals surface area contributed by atoms with Crippen LogP contribution in [0.25, 0.3) is 10.8 Å². The summed E-state index contributed by atoms with van der Waals surface area (Å²) < 4.78 is 0. The Morgan fingerprint density at radius 3 is 2.50 bits per heavy atom. The van der Waals surface area contributed by atoms with Crippen LogP contribution in [-0.4, -0.2) is 85.5 Å². The second-order valence-electron chi connectivity index (χ2n) is 11.3. The van der Waals surface area contributed by atoms with Crippen molar-refractivity contribution in [1.82, 2.24) is 20.1 Å². The Labute approximate surface area is 236 Å². The predicted molar refractivity (Wildman–Crippen MR) is 160 cm³/mol. The zero-order valence-electron chi connectivity index (χ0n) is 23.5. The molecule has 208 valence electrons. The SMILES string of the molecule is C=CC(=O)N1CCN(c2cc(C(=O)N[C@@H]3CCN(C)C3)nc3c2CCN(c2cccc4cccc(C)c24)C3)CC1. The standard InChI is InChI=1S/C32H38N6O2/c1-4-30(39)37-17-15-36(16-18-37)29-19-26(32(40)33-24-11-13-35(3)20-24)34-27-21-38(14-12-25(27)29)28-10-6-9-23-8-5-7-22(2)31(23)28/h4-10,19,24H,1,11-18,20-21H2,2-3H3,(H,33,40)/t24-/m1/s1. The van der Waals surface area contributed by atoms with Gasteiger partial charge in [-0.25, -0.2) is 4.98 Å². The molecular weight excluding hydrogens is 500 g/mol. The van der Waals surface area contributed by atoms with Gasteiger partial charge in [-0.05, 0) is 62.5 Å². The summed E-state index contributed by atoms with van der Waals surface area (Å²) in [7, 11) is 2.09. The maximum Gasteiger partial charge on any atom is 0.270 e. The highest BCUT2D eigenvalue weighted by Crippen LogP contribution is 2.35. The van der Waals surface area contributed by atoms with Crippen molar-refractivity contribution in [3.8, 4) is 0 Å². The number of aryl methyl sites for hydroxylation is 1. The van der Waals surface area contributed by atoms with Crippen molar-refractivity contribution in [3.63, 3.8) is 0 Å². The van der Waals surface area contributed by atoms with Crippen LogP contribution in [0.3, 0.4) is 0 Å². The van der Waals surface area contributed by atoms with Crippen molar-refractivity contribution < 1.29 is 9.59 Å². The molecular formula is C32H38N6O2. The predicted octanol–water partition coefficient (Wildman–Crippen LogP) is 3.37. The summed E-state index contributed by atoms with van der Waals surface area (Å²) in [6.45, 7) is 11.9. The number of hydrogen-bond donors (Lipinski definition) is 1. The third-order valence-corrected chi connectivity index (χ3v) is 8.66. The van der Waals surface area contributed by atoms with E-state index in [1.54, 1.807) is 0 Å². The van der Waals surface area contributed by atoms with Gasteiger partial charge in [0.2, 0.25) is 5.91 Å². The molecule has 2 fully saturated rings. The molecule has 6 rings (SSSR count). The molecule has 2 amide bonds. The first-order valence-electron chi connectivity index (χ1n) is 14.3. The van der Waals surface area contributed by atoms with Crippen LogP contribution in [0.1, 0.15) is 33.7 Å². The summed E-state index contributed by atoms with van der Waals surface area (Å²) in [6, 6.07) is 15.1. The van der Waals surface area contributed by atoms with Gasteiger partial charge in [-0.15, -0.1) is 0 Å². The normalized spacial score (nSPS) is 19.6. The maximum atomic E-state index is 13.5. The van der Waals surface area contributed by atoms with Crippen LogP contribution in [0.5, 0.6) is 0 Å². The Balaban J connectivity index is 1.34. The van der Waals surface area contributed by atoms with Gasteiger partial charge in [-0.1, -0.05) is 36.9 Å². The molecule has 3 aliphatic heterocycles. The number of nitrogens with one attached hydrogen (secondary N) is 1.